The standard InChI is InChI=1S/C19H25F3N4O2/c1-4-26(13-15-7-5-6-14(2)12-15)17(27)24-9-8-18(28,19(20,21)22)16-23-10-11-25(16)3/h5-7,10-12,28H,4,8-9,13H2,1-3H3,(H,24,27). The summed E-state index contributed by atoms with van der Waals surface area (Å²) in [7, 11) is 1.37. The third-order valence-corrected chi connectivity index (χ3v) is 4.55. The minimum atomic E-state index is -4.93. The van der Waals surface area contributed by atoms with Gasteiger partial charge in [-0.05, 0) is 19.4 Å². The molecule has 2 rings (SSSR count). The molecule has 1 aromatic heterocycles. The van der Waals surface area contributed by atoms with Crippen LogP contribution >= 0.6 is 0 Å². The van der Waals surface area contributed by atoms with Crippen molar-refractivity contribution in [3.05, 3.63) is 53.6 Å². The number of aromatic nitrogens is 2. The van der Waals surface area contributed by atoms with Crippen molar-refractivity contribution in [2.24, 2.45) is 7.05 Å². The van der Waals surface area contributed by atoms with Crippen LogP contribution in [0, 0.1) is 6.92 Å². The number of rotatable bonds is 7. The van der Waals surface area contributed by atoms with Gasteiger partial charge in [0.15, 0.2) is 0 Å². The molecule has 0 aliphatic rings. The lowest BCUT2D eigenvalue weighted by Gasteiger charge is -2.30. The Kier molecular flexibility index (Phi) is 6.71. The van der Waals surface area contributed by atoms with E-state index in [4.69, 9.17) is 0 Å². The molecular weight excluding hydrogens is 373 g/mol. The smallest absolute Gasteiger partial charge is 0.374 e. The highest BCUT2D eigenvalue weighted by Gasteiger charge is 2.57. The maximum absolute atomic E-state index is 13.5. The summed E-state index contributed by atoms with van der Waals surface area (Å²) >= 11 is 0. The van der Waals surface area contributed by atoms with Crippen LogP contribution in [0.15, 0.2) is 36.7 Å². The molecule has 1 unspecified atom stereocenters. The molecule has 0 saturated heterocycles. The van der Waals surface area contributed by atoms with Gasteiger partial charge in [0, 0.05) is 45.5 Å². The molecule has 0 bridgehead atoms. The van der Waals surface area contributed by atoms with Gasteiger partial charge in [-0.3, -0.25) is 0 Å². The molecule has 1 atom stereocenters. The Labute approximate surface area is 162 Å². The third-order valence-electron chi connectivity index (χ3n) is 4.55. The largest absolute Gasteiger partial charge is 0.424 e. The van der Waals surface area contributed by atoms with Crippen LogP contribution in [0.25, 0.3) is 0 Å². The van der Waals surface area contributed by atoms with Crippen LogP contribution < -0.4 is 5.32 Å². The maximum atomic E-state index is 13.5. The van der Waals surface area contributed by atoms with Gasteiger partial charge < -0.3 is 19.9 Å². The summed E-state index contributed by atoms with van der Waals surface area (Å²) in [5.74, 6) is -0.513. The van der Waals surface area contributed by atoms with Crippen molar-refractivity contribution < 1.29 is 23.1 Å². The number of aryl methyl sites for hydroxylation is 2. The number of amides is 2. The highest BCUT2D eigenvalue weighted by molar-refractivity contribution is 5.74. The zero-order valence-electron chi connectivity index (χ0n) is 16.1. The summed E-state index contributed by atoms with van der Waals surface area (Å²) in [6.07, 6.45) is -3.16. The maximum Gasteiger partial charge on any atom is 0.424 e. The molecule has 28 heavy (non-hydrogen) atoms. The van der Waals surface area contributed by atoms with Gasteiger partial charge in [0.1, 0.15) is 5.82 Å². The van der Waals surface area contributed by atoms with Crippen LogP contribution in [0.3, 0.4) is 0 Å². The second kappa shape index (κ2) is 8.64. The quantitative estimate of drug-likeness (QED) is 0.753. The predicted molar refractivity (Wildman–Crippen MR) is 98.4 cm³/mol. The lowest BCUT2D eigenvalue weighted by atomic mass is 9.97. The summed E-state index contributed by atoms with van der Waals surface area (Å²) in [6.45, 7) is 4.10. The first-order valence-electron chi connectivity index (χ1n) is 8.93. The summed E-state index contributed by atoms with van der Waals surface area (Å²) in [4.78, 5) is 17.5. The zero-order chi connectivity index (χ0) is 20.9. The number of alkyl halides is 3. The molecule has 0 radical (unpaired) electrons. The average Bonchev–Trinajstić information content (AvgIpc) is 3.05. The Morgan fingerprint density at radius 1 is 1.36 bits per heavy atom. The van der Waals surface area contributed by atoms with Crippen molar-refractivity contribution in [2.75, 3.05) is 13.1 Å². The Bertz CT molecular complexity index is 806. The lowest BCUT2D eigenvalue weighted by molar-refractivity contribution is -0.272. The van der Waals surface area contributed by atoms with Crippen LogP contribution in [0.2, 0.25) is 0 Å². The van der Waals surface area contributed by atoms with Crippen molar-refractivity contribution in [1.82, 2.24) is 19.8 Å². The molecular formula is C19H25F3N4O2. The van der Waals surface area contributed by atoms with Crippen molar-refractivity contribution in [2.45, 2.75) is 38.6 Å². The Morgan fingerprint density at radius 3 is 2.61 bits per heavy atom. The van der Waals surface area contributed by atoms with Crippen molar-refractivity contribution >= 4 is 6.03 Å². The number of nitrogens with one attached hydrogen (secondary N) is 1. The number of hydrogen-bond acceptors (Lipinski definition) is 3. The van der Waals surface area contributed by atoms with E-state index in [0.717, 1.165) is 15.7 Å². The van der Waals surface area contributed by atoms with E-state index < -0.39 is 30.1 Å². The fourth-order valence-electron chi connectivity index (χ4n) is 2.96. The minimum absolute atomic E-state index is 0.340. The number of imidazole rings is 1. The van der Waals surface area contributed by atoms with Crippen LogP contribution in [0.5, 0.6) is 0 Å². The first-order chi connectivity index (χ1) is 13.1. The molecule has 154 valence electrons. The highest BCUT2D eigenvalue weighted by atomic mass is 19.4. The summed E-state index contributed by atoms with van der Waals surface area (Å²) in [6, 6.07) is 7.15. The van der Waals surface area contributed by atoms with E-state index in [0.29, 0.717) is 13.1 Å². The summed E-state index contributed by atoms with van der Waals surface area (Å²) in [5.41, 5.74) is -1.16. The van der Waals surface area contributed by atoms with E-state index in [1.54, 1.807) is 6.92 Å². The monoisotopic (exact) mass is 398 g/mol. The van der Waals surface area contributed by atoms with Crippen LogP contribution in [0.1, 0.15) is 30.3 Å². The first kappa shape index (κ1) is 21.7. The Hall–Kier alpha value is -2.55. The van der Waals surface area contributed by atoms with E-state index >= 15 is 0 Å². The second-order valence-corrected chi connectivity index (χ2v) is 6.70. The Morgan fingerprint density at radius 2 is 2.07 bits per heavy atom. The SMILES string of the molecule is CCN(Cc1cccc(C)c1)C(=O)NCCC(O)(c1nccn1C)C(F)(F)F. The summed E-state index contributed by atoms with van der Waals surface area (Å²) < 4.78 is 41.6. The normalized spacial score (nSPS) is 13.8. The van der Waals surface area contributed by atoms with Gasteiger partial charge in [-0.2, -0.15) is 13.2 Å². The van der Waals surface area contributed by atoms with E-state index in [1.807, 2.05) is 31.2 Å². The lowest BCUT2D eigenvalue weighted by Crippen LogP contribution is -2.48. The van der Waals surface area contributed by atoms with Crippen LogP contribution in [-0.4, -0.2) is 44.9 Å². The number of carbonyl (C=O) groups is 1. The predicted octanol–water partition coefficient (Wildman–Crippen LogP) is 3.10. The number of halogens is 3. The molecule has 1 heterocycles. The van der Waals surface area contributed by atoms with Gasteiger partial charge in [-0.15, -0.1) is 0 Å². The zero-order valence-corrected chi connectivity index (χ0v) is 16.1. The number of benzene rings is 1. The molecule has 6 nitrogen and oxygen atoms in total. The third kappa shape index (κ3) is 4.83. The van der Waals surface area contributed by atoms with E-state index in [1.165, 1.54) is 24.3 Å². The molecule has 2 N–H and O–H groups in total. The first-order valence-corrected chi connectivity index (χ1v) is 8.93. The van der Waals surface area contributed by atoms with Gasteiger partial charge in [0.05, 0.1) is 0 Å². The van der Waals surface area contributed by atoms with E-state index in [-0.39, 0.29) is 6.54 Å². The van der Waals surface area contributed by atoms with Crippen LogP contribution in [0.4, 0.5) is 18.0 Å². The van der Waals surface area contributed by atoms with Gasteiger partial charge >= 0.3 is 12.2 Å². The van der Waals surface area contributed by atoms with Gasteiger partial charge in [0.25, 0.3) is 0 Å². The molecule has 0 saturated carbocycles. The van der Waals surface area contributed by atoms with E-state index in [9.17, 15) is 23.1 Å². The molecule has 2 amide bonds. The van der Waals surface area contributed by atoms with Crippen LogP contribution in [-0.2, 0) is 19.2 Å². The molecule has 0 aliphatic carbocycles. The fourth-order valence-corrected chi connectivity index (χ4v) is 2.96. The fraction of sp³-hybridized carbons (Fsp3) is 0.474. The highest BCUT2D eigenvalue weighted by Crippen LogP contribution is 2.40. The van der Waals surface area contributed by atoms with Gasteiger partial charge in [-0.1, -0.05) is 29.8 Å². The van der Waals surface area contributed by atoms with Gasteiger partial charge in [-0.25, -0.2) is 9.78 Å². The average molecular weight is 398 g/mol. The Balaban J connectivity index is 2.02. The topological polar surface area (TPSA) is 70.4 Å². The molecule has 0 spiro atoms. The molecule has 0 fully saturated rings. The summed E-state index contributed by atoms with van der Waals surface area (Å²) in [5, 5.41) is 12.8. The molecule has 2 aromatic rings. The van der Waals surface area contributed by atoms with E-state index in [2.05, 4.69) is 10.3 Å². The molecule has 0 aliphatic heterocycles. The molecule has 1 aromatic carbocycles. The number of nitrogens with zero attached hydrogens (tertiary/aromatic N) is 3. The number of urea groups is 1. The minimum Gasteiger partial charge on any atom is -0.374 e. The number of hydrogen-bond donors (Lipinski definition) is 2. The van der Waals surface area contributed by atoms with Crippen molar-refractivity contribution in [3.63, 3.8) is 0 Å². The second-order valence-electron chi connectivity index (χ2n) is 6.70. The van der Waals surface area contributed by atoms with Gasteiger partial charge in [0.2, 0.25) is 5.60 Å². The number of carbonyl (C=O) groups excluding carboxylic acids is 1. The number of aliphatic hydroxyl groups is 1. The van der Waals surface area contributed by atoms with Crippen molar-refractivity contribution in [3.8, 4) is 0 Å². The molecule has 9 heteroatoms. The van der Waals surface area contributed by atoms with Crippen molar-refractivity contribution in [1.29, 1.82) is 0 Å².